The molecule has 0 saturated heterocycles. The summed E-state index contributed by atoms with van der Waals surface area (Å²) in [5.41, 5.74) is 2.88. The molecule has 0 saturated carbocycles. The second-order valence-electron chi connectivity index (χ2n) is 6.66. The van der Waals surface area contributed by atoms with Crippen LogP contribution in [0, 0.1) is 11.3 Å². The zero-order valence-electron chi connectivity index (χ0n) is 16.4. The smallest absolute Gasteiger partial charge is 0.338 e. The van der Waals surface area contributed by atoms with Gasteiger partial charge in [-0.15, -0.1) is 0 Å². The molecule has 0 aliphatic heterocycles. The maximum absolute atomic E-state index is 12.4. The Hall–Kier alpha value is -3.39. The molecule has 0 unspecified atom stereocenters. The van der Waals surface area contributed by atoms with E-state index < -0.39 is 11.9 Å². The first-order chi connectivity index (χ1) is 13.4. The van der Waals surface area contributed by atoms with E-state index in [1.165, 1.54) is 5.56 Å². The molecule has 5 heteroatoms. The summed E-state index contributed by atoms with van der Waals surface area (Å²) in [7, 11) is 0. The fraction of sp³-hybridized carbons (Fsp3) is 0.261. The van der Waals surface area contributed by atoms with E-state index in [2.05, 4.69) is 19.2 Å². The highest BCUT2D eigenvalue weighted by atomic mass is 16.5. The molecule has 2 aromatic rings. The lowest BCUT2D eigenvalue weighted by molar-refractivity contribution is -0.112. The molecule has 5 nitrogen and oxygen atoms in total. The molecule has 28 heavy (non-hydrogen) atoms. The molecular weight excluding hydrogens is 352 g/mol. The molecule has 2 aromatic carbocycles. The van der Waals surface area contributed by atoms with Gasteiger partial charge >= 0.3 is 5.97 Å². The number of nitrogens with zero attached hydrogens (tertiary/aromatic N) is 1. The van der Waals surface area contributed by atoms with Crippen LogP contribution in [0.25, 0.3) is 6.08 Å². The Bertz CT molecular complexity index is 889. The Morgan fingerprint density at radius 1 is 1.11 bits per heavy atom. The lowest BCUT2D eigenvalue weighted by Crippen LogP contribution is -2.13. The third-order valence-corrected chi connectivity index (χ3v) is 4.09. The maximum Gasteiger partial charge on any atom is 0.338 e. The number of carbonyl (C=O) groups excluding carboxylic acids is 2. The Morgan fingerprint density at radius 2 is 1.75 bits per heavy atom. The van der Waals surface area contributed by atoms with Crippen molar-refractivity contribution in [3.05, 3.63) is 70.8 Å². The molecule has 0 aliphatic carbocycles. The minimum absolute atomic E-state index is 0.00345. The number of nitrogens with one attached hydrogen (secondary N) is 1. The van der Waals surface area contributed by atoms with Gasteiger partial charge < -0.3 is 10.1 Å². The third-order valence-electron chi connectivity index (χ3n) is 4.09. The Morgan fingerprint density at radius 3 is 2.29 bits per heavy atom. The van der Waals surface area contributed by atoms with Crippen molar-refractivity contribution in [2.75, 3.05) is 11.9 Å². The molecule has 1 amide bonds. The Labute approximate surface area is 165 Å². The summed E-state index contributed by atoms with van der Waals surface area (Å²) in [6.45, 7) is 6.50. The first-order valence-corrected chi connectivity index (χ1v) is 9.25. The van der Waals surface area contributed by atoms with Crippen molar-refractivity contribution in [2.45, 2.75) is 33.1 Å². The van der Waals surface area contributed by atoms with Gasteiger partial charge in [0.2, 0.25) is 0 Å². The summed E-state index contributed by atoms with van der Waals surface area (Å²) in [4.78, 5) is 24.2. The standard InChI is InChI=1S/C23H24N2O3/c1-4-13-28-23(27)19-9-11-21(12-10-19)25-22(26)20(15-24)14-17-5-7-18(8-6-17)16(2)3/h5-12,14,16H,4,13H2,1-3H3,(H,25,26). The maximum atomic E-state index is 12.4. The normalized spacial score (nSPS) is 11.0. The van der Waals surface area contributed by atoms with Gasteiger partial charge in [-0.3, -0.25) is 4.79 Å². The van der Waals surface area contributed by atoms with Crippen LogP contribution in [0.3, 0.4) is 0 Å². The molecule has 0 aromatic heterocycles. The number of nitriles is 1. The second-order valence-corrected chi connectivity index (χ2v) is 6.66. The largest absolute Gasteiger partial charge is 0.462 e. The number of rotatable bonds is 7. The van der Waals surface area contributed by atoms with Crippen molar-refractivity contribution >= 4 is 23.6 Å². The third kappa shape index (κ3) is 5.82. The number of carbonyl (C=O) groups is 2. The van der Waals surface area contributed by atoms with Gasteiger partial charge in [-0.25, -0.2) is 4.79 Å². The predicted octanol–water partition coefficient (Wildman–Crippen LogP) is 4.92. The monoisotopic (exact) mass is 376 g/mol. The first kappa shape index (κ1) is 20.9. The van der Waals surface area contributed by atoms with Crippen LogP contribution >= 0.6 is 0 Å². The molecule has 1 N–H and O–H groups in total. The molecule has 0 bridgehead atoms. The summed E-state index contributed by atoms with van der Waals surface area (Å²) in [6, 6.07) is 16.0. The minimum atomic E-state index is -0.503. The van der Waals surface area contributed by atoms with Crippen LogP contribution < -0.4 is 5.32 Å². The van der Waals surface area contributed by atoms with Gasteiger partial charge in [0.25, 0.3) is 5.91 Å². The van der Waals surface area contributed by atoms with Gasteiger partial charge in [-0.1, -0.05) is 45.0 Å². The summed E-state index contributed by atoms with van der Waals surface area (Å²) < 4.78 is 5.06. The fourth-order valence-electron chi connectivity index (χ4n) is 2.46. The van der Waals surface area contributed by atoms with E-state index in [1.807, 2.05) is 37.3 Å². The molecule has 0 aliphatic rings. The average Bonchev–Trinajstić information content (AvgIpc) is 2.71. The summed E-state index contributed by atoms with van der Waals surface area (Å²) in [6.07, 6.45) is 2.30. The number of benzene rings is 2. The van der Waals surface area contributed by atoms with Crippen molar-refractivity contribution in [2.24, 2.45) is 0 Å². The van der Waals surface area contributed by atoms with E-state index in [1.54, 1.807) is 30.3 Å². The van der Waals surface area contributed by atoms with E-state index in [9.17, 15) is 14.9 Å². The second kappa shape index (κ2) is 10.1. The zero-order chi connectivity index (χ0) is 20.5. The van der Waals surface area contributed by atoms with Crippen LogP contribution in [0.4, 0.5) is 5.69 Å². The molecule has 0 radical (unpaired) electrons. The summed E-state index contributed by atoms with van der Waals surface area (Å²) >= 11 is 0. The van der Waals surface area contributed by atoms with Gasteiger partial charge in [0.1, 0.15) is 11.6 Å². The van der Waals surface area contributed by atoms with Gasteiger partial charge in [-0.2, -0.15) is 5.26 Å². The topological polar surface area (TPSA) is 79.2 Å². The van der Waals surface area contributed by atoms with Crippen molar-refractivity contribution in [1.29, 1.82) is 5.26 Å². The number of anilines is 1. The van der Waals surface area contributed by atoms with E-state index in [0.29, 0.717) is 23.8 Å². The van der Waals surface area contributed by atoms with Crippen LogP contribution in [0.15, 0.2) is 54.1 Å². The molecular formula is C23H24N2O3. The molecule has 2 rings (SSSR count). The quantitative estimate of drug-likeness (QED) is 0.422. The Kier molecular flexibility index (Phi) is 7.53. The first-order valence-electron chi connectivity index (χ1n) is 9.25. The fourth-order valence-corrected chi connectivity index (χ4v) is 2.46. The highest BCUT2D eigenvalue weighted by Gasteiger charge is 2.11. The van der Waals surface area contributed by atoms with E-state index >= 15 is 0 Å². The van der Waals surface area contributed by atoms with Crippen molar-refractivity contribution in [1.82, 2.24) is 0 Å². The van der Waals surface area contributed by atoms with Crippen LogP contribution in [-0.2, 0) is 9.53 Å². The van der Waals surface area contributed by atoms with Gasteiger partial charge in [0.15, 0.2) is 0 Å². The number of hydrogen-bond acceptors (Lipinski definition) is 4. The van der Waals surface area contributed by atoms with Crippen molar-refractivity contribution in [3.8, 4) is 6.07 Å². The minimum Gasteiger partial charge on any atom is -0.462 e. The summed E-state index contributed by atoms with van der Waals surface area (Å²) in [5.74, 6) is -0.488. The molecule has 144 valence electrons. The number of ether oxygens (including phenoxy) is 1. The average molecular weight is 376 g/mol. The van der Waals surface area contributed by atoms with E-state index in [-0.39, 0.29) is 5.57 Å². The van der Waals surface area contributed by atoms with Crippen LogP contribution in [0.1, 0.15) is 54.6 Å². The van der Waals surface area contributed by atoms with Crippen LogP contribution in [0.5, 0.6) is 0 Å². The van der Waals surface area contributed by atoms with E-state index in [4.69, 9.17) is 4.74 Å². The predicted molar refractivity (Wildman–Crippen MR) is 110 cm³/mol. The molecule has 0 spiro atoms. The van der Waals surface area contributed by atoms with Crippen LogP contribution in [0.2, 0.25) is 0 Å². The lowest BCUT2D eigenvalue weighted by Gasteiger charge is -2.07. The van der Waals surface area contributed by atoms with Crippen LogP contribution in [-0.4, -0.2) is 18.5 Å². The summed E-state index contributed by atoms with van der Waals surface area (Å²) in [5, 5.41) is 12.0. The molecule has 0 atom stereocenters. The zero-order valence-corrected chi connectivity index (χ0v) is 16.4. The lowest BCUT2D eigenvalue weighted by atomic mass is 10.0. The Balaban J connectivity index is 2.07. The number of esters is 1. The number of amides is 1. The highest BCUT2D eigenvalue weighted by molar-refractivity contribution is 6.09. The highest BCUT2D eigenvalue weighted by Crippen LogP contribution is 2.17. The number of hydrogen-bond donors (Lipinski definition) is 1. The van der Waals surface area contributed by atoms with Gasteiger partial charge in [0, 0.05) is 5.69 Å². The molecule has 0 fully saturated rings. The van der Waals surface area contributed by atoms with Crippen molar-refractivity contribution < 1.29 is 14.3 Å². The van der Waals surface area contributed by atoms with Gasteiger partial charge in [0.05, 0.1) is 12.2 Å². The van der Waals surface area contributed by atoms with Gasteiger partial charge in [-0.05, 0) is 53.8 Å². The molecule has 0 heterocycles. The van der Waals surface area contributed by atoms with E-state index in [0.717, 1.165) is 12.0 Å². The van der Waals surface area contributed by atoms with Crippen molar-refractivity contribution in [3.63, 3.8) is 0 Å². The SMILES string of the molecule is CCCOC(=O)c1ccc(NC(=O)C(C#N)=Cc2ccc(C(C)C)cc2)cc1.